The van der Waals surface area contributed by atoms with E-state index in [1.54, 1.807) is 0 Å². The Bertz CT molecular complexity index is 617. The van der Waals surface area contributed by atoms with Crippen molar-refractivity contribution in [3.05, 3.63) is 35.5 Å². The number of benzene rings is 1. The maximum absolute atomic E-state index is 11.8. The fourth-order valence-corrected chi connectivity index (χ4v) is 2.09. The highest BCUT2D eigenvalue weighted by Crippen LogP contribution is 2.20. The number of fused-ring (bicyclic) bond motifs is 1. The zero-order valence-corrected chi connectivity index (χ0v) is 12.4. The average Bonchev–Trinajstić information content (AvgIpc) is 2.60. The number of carbonyl (C=O) groups is 1. The lowest BCUT2D eigenvalue weighted by Gasteiger charge is -2.17. The van der Waals surface area contributed by atoms with E-state index in [-0.39, 0.29) is 11.3 Å². The van der Waals surface area contributed by atoms with Crippen molar-refractivity contribution in [1.82, 2.24) is 9.88 Å². The Morgan fingerprint density at radius 2 is 1.95 bits per heavy atom. The maximum Gasteiger partial charge on any atom is 0.225 e. The first-order valence-corrected chi connectivity index (χ1v) is 6.62. The summed E-state index contributed by atoms with van der Waals surface area (Å²) >= 11 is 0. The number of aryl methyl sites for hydroxylation is 2. The first-order chi connectivity index (χ1) is 8.79. The molecule has 0 aliphatic heterocycles. The first kappa shape index (κ1) is 13.7. The number of nitrogens with one attached hydrogen (secondary N) is 1. The predicted octanol–water partition coefficient (Wildman–Crippen LogP) is 3.15. The summed E-state index contributed by atoms with van der Waals surface area (Å²) in [6.07, 6.45) is 0. The van der Waals surface area contributed by atoms with Gasteiger partial charge in [-0.25, -0.2) is 0 Å². The molecule has 0 radical (unpaired) electrons. The Morgan fingerprint density at radius 3 is 2.58 bits per heavy atom. The Morgan fingerprint density at radius 1 is 1.26 bits per heavy atom. The number of amides is 1. The van der Waals surface area contributed by atoms with Gasteiger partial charge in [0.15, 0.2) is 0 Å². The Labute approximate surface area is 114 Å². The molecule has 3 heteroatoms. The molecule has 1 amide bonds. The average molecular weight is 258 g/mol. The smallest absolute Gasteiger partial charge is 0.225 e. The molecule has 102 valence electrons. The van der Waals surface area contributed by atoms with Crippen LogP contribution in [0.25, 0.3) is 10.9 Å². The fourth-order valence-electron chi connectivity index (χ4n) is 2.09. The van der Waals surface area contributed by atoms with Crippen LogP contribution in [0.15, 0.2) is 24.3 Å². The monoisotopic (exact) mass is 258 g/mol. The minimum atomic E-state index is -0.340. The largest absolute Gasteiger partial charge is 0.352 e. The summed E-state index contributed by atoms with van der Waals surface area (Å²) < 4.78 is 2.17. The number of nitrogens with zero attached hydrogens (tertiary/aromatic N) is 1. The lowest BCUT2D eigenvalue weighted by atomic mass is 9.95. The summed E-state index contributed by atoms with van der Waals surface area (Å²) in [6, 6.07) is 8.50. The van der Waals surface area contributed by atoms with E-state index in [1.807, 2.05) is 20.8 Å². The van der Waals surface area contributed by atoms with Gasteiger partial charge in [-0.15, -0.1) is 0 Å². The topological polar surface area (TPSA) is 34.0 Å². The van der Waals surface area contributed by atoms with Gasteiger partial charge < -0.3 is 9.88 Å². The van der Waals surface area contributed by atoms with Crippen LogP contribution >= 0.6 is 0 Å². The van der Waals surface area contributed by atoms with E-state index >= 15 is 0 Å². The van der Waals surface area contributed by atoms with Crippen molar-refractivity contribution in [2.24, 2.45) is 12.5 Å². The number of hydrogen-bond acceptors (Lipinski definition) is 1. The van der Waals surface area contributed by atoms with Crippen LogP contribution in [0.4, 0.5) is 0 Å². The van der Waals surface area contributed by atoms with E-state index in [1.165, 1.54) is 16.6 Å². The molecule has 2 rings (SSSR count). The molecule has 2 aromatic rings. The third-order valence-electron chi connectivity index (χ3n) is 3.48. The molecule has 0 unspecified atom stereocenters. The molecular formula is C16H22N2O. The van der Waals surface area contributed by atoms with Crippen molar-refractivity contribution in [1.29, 1.82) is 0 Å². The van der Waals surface area contributed by atoms with Gasteiger partial charge in [-0.3, -0.25) is 4.79 Å². The minimum Gasteiger partial charge on any atom is -0.352 e. The van der Waals surface area contributed by atoms with Crippen molar-refractivity contribution in [2.45, 2.75) is 34.2 Å². The van der Waals surface area contributed by atoms with E-state index in [4.69, 9.17) is 0 Å². The fraction of sp³-hybridized carbons (Fsp3) is 0.438. The summed E-state index contributed by atoms with van der Waals surface area (Å²) in [7, 11) is 2.07. The molecule has 1 aromatic carbocycles. The van der Waals surface area contributed by atoms with Gasteiger partial charge in [0.1, 0.15) is 0 Å². The maximum atomic E-state index is 11.8. The van der Waals surface area contributed by atoms with Gasteiger partial charge in [-0.1, -0.05) is 26.8 Å². The molecule has 0 aliphatic carbocycles. The zero-order chi connectivity index (χ0) is 14.2. The summed E-state index contributed by atoms with van der Waals surface area (Å²) in [5.41, 5.74) is 3.26. The third-order valence-corrected chi connectivity index (χ3v) is 3.48. The molecule has 1 heterocycles. The normalized spacial score (nSPS) is 11.8. The predicted molar refractivity (Wildman–Crippen MR) is 79.0 cm³/mol. The second-order valence-corrected chi connectivity index (χ2v) is 6.17. The van der Waals surface area contributed by atoms with Crippen LogP contribution in [0.1, 0.15) is 32.0 Å². The lowest BCUT2D eigenvalue weighted by Crippen LogP contribution is -2.34. The third kappa shape index (κ3) is 2.80. The van der Waals surface area contributed by atoms with Gasteiger partial charge in [0.05, 0.1) is 0 Å². The summed E-state index contributed by atoms with van der Waals surface area (Å²) in [5, 5.41) is 4.20. The molecule has 0 aliphatic rings. The van der Waals surface area contributed by atoms with E-state index in [9.17, 15) is 4.79 Å². The van der Waals surface area contributed by atoms with Crippen molar-refractivity contribution < 1.29 is 4.79 Å². The van der Waals surface area contributed by atoms with Gasteiger partial charge >= 0.3 is 0 Å². The summed E-state index contributed by atoms with van der Waals surface area (Å²) in [6.45, 7) is 8.45. The highest BCUT2D eigenvalue weighted by Gasteiger charge is 2.20. The Hall–Kier alpha value is -1.77. The molecule has 1 N–H and O–H groups in total. The van der Waals surface area contributed by atoms with Crippen molar-refractivity contribution in [3.63, 3.8) is 0 Å². The van der Waals surface area contributed by atoms with Gasteiger partial charge in [0.2, 0.25) is 5.91 Å². The Kier molecular flexibility index (Phi) is 3.40. The standard InChI is InChI=1S/C16H22N2O/c1-11-8-13-9-12(6-7-14(13)18(11)5)10-17-15(19)16(2,3)4/h6-9H,10H2,1-5H3,(H,17,19). The zero-order valence-electron chi connectivity index (χ0n) is 12.4. The highest BCUT2D eigenvalue weighted by molar-refractivity contribution is 5.83. The van der Waals surface area contributed by atoms with Gasteiger partial charge in [-0.2, -0.15) is 0 Å². The molecule has 0 bridgehead atoms. The molecule has 0 spiro atoms. The molecule has 0 atom stereocenters. The van der Waals surface area contributed by atoms with E-state index < -0.39 is 0 Å². The first-order valence-electron chi connectivity index (χ1n) is 6.62. The molecule has 0 saturated carbocycles. The lowest BCUT2D eigenvalue weighted by molar-refractivity contribution is -0.128. The second-order valence-electron chi connectivity index (χ2n) is 6.17. The van der Waals surface area contributed by atoms with Crippen LogP contribution in [0, 0.1) is 12.3 Å². The SMILES string of the molecule is Cc1cc2cc(CNC(=O)C(C)(C)C)ccc2n1C. The number of carbonyl (C=O) groups excluding carboxylic acids is 1. The van der Waals surface area contributed by atoms with Gasteiger partial charge in [0, 0.05) is 35.6 Å². The van der Waals surface area contributed by atoms with Crippen molar-refractivity contribution in [2.75, 3.05) is 0 Å². The molecular weight excluding hydrogens is 236 g/mol. The molecule has 0 saturated heterocycles. The molecule has 1 aromatic heterocycles. The van der Waals surface area contributed by atoms with Crippen LogP contribution in [-0.2, 0) is 18.4 Å². The van der Waals surface area contributed by atoms with Gasteiger partial charge in [-0.05, 0) is 30.7 Å². The number of hydrogen-bond donors (Lipinski definition) is 1. The van der Waals surface area contributed by atoms with E-state index in [2.05, 4.69) is 48.1 Å². The number of aromatic nitrogens is 1. The quantitative estimate of drug-likeness (QED) is 0.882. The molecule has 3 nitrogen and oxygen atoms in total. The molecule has 19 heavy (non-hydrogen) atoms. The summed E-state index contributed by atoms with van der Waals surface area (Å²) in [5.74, 6) is 0.0804. The summed E-state index contributed by atoms with van der Waals surface area (Å²) in [4.78, 5) is 11.8. The second kappa shape index (κ2) is 4.72. The van der Waals surface area contributed by atoms with Crippen LogP contribution in [-0.4, -0.2) is 10.5 Å². The van der Waals surface area contributed by atoms with Crippen LogP contribution < -0.4 is 5.32 Å². The van der Waals surface area contributed by atoms with Crippen molar-refractivity contribution >= 4 is 16.8 Å². The number of rotatable bonds is 2. The Balaban J connectivity index is 2.16. The van der Waals surface area contributed by atoms with Crippen LogP contribution in [0.2, 0.25) is 0 Å². The van der Waals surface area contributed by atoms with Crippen LogP contribution in [0.5, 0.6) is 0 Å². The highest BCUT2D eigenvalue weighted by atomic mass is 16.2. The van der Waals surface area contributed by atoms with Crippen LogP contribution in [0.3, 0.4) is 0 Å². The van der Waals surface area contributed by atoms with E-state index in [0.29, 0.717) is 6.54 Å². The van der Waals surface area contributed by atoms with Crippen molar-refractivity contribution in [3.8, 4) is 0 Å². The van der Waals surface area contributed by atoms with Gasteiger partial charge in [0.25, 0.3) is 0 Å². The van der Waals surface area contributed by atoms with E-state index in [0.717, 1.165) is 5.56 Å². The minimum absolute atomic E-state index is 0.0804. The molecule has 0 fully saturated rings.